The Kier molecular flexibility index (Phi) is 6.48. The molecular formula is C20H18F3N3O3. The summed E-state index contributed by atoms with van der Waals surface area (Å²) in [6.45, 7) is 0.288. The summed E-state index contributed by atoms with van der Waals surface area (Å²) < 4.78 is 45.8. The zero-order valence-corrected chi connectivity index (χ0v) is 15.3. The van der Waals surface area contributed by atoms with Gasteiger partial charge in [-0.2, -0.15) is 4.98 Å². The third-order valence-corrected chi connectivity index (χ3v) is 3.93. The molecule has 6 nitrogen and oxygen atoms in total. The first-order valence-electron chi connectivity index (χ1n) is 8.88. The lowest BCUT2D eigenvalue weighted by molar-refractivity contribution is -0.274. The van der Waals surface area contributed by atoms with Gasteiger partial charge in [-0.1, -0.05) is 35.5 Å². The third-order valence-electron chi connectivity index (χ3n) is 3.93. The molecular weight excluding hydrogens is 387 g/mol. The van der Waals surface area contributed by atoms with Gasteiger partial charge in [-0.25, -0.2) is 0 Å². The SMILES string of the molecule is O=C(CCc1noc(-c2ccccc2)n1)NCCc1cccc(OC(F)(F)F)c1. The summed E-state index contributed by atoms with van der Waals surface area (Å²) in [7, 11) is 0. The zero-order chi connectivity index (χ0) is 20.7. The van der Waals surface area contributed by atoms with Crippen molar-refractivity contribution in [1.29, 1.82) is 0 Å². The topological polar surface area (TPSA) is 77.2 Å². The lowest BCUT2D eigenvalue weighted by Gasteiger charge is -2.10. The van der Waals surface area contributed by atoms with Crippen LogP contribution in [0.4, 0.5) is 13.2 Å². The Labute approximate surface area is 164 Å². The Morgan fingerprint density at radius 2 is 1.86 bits per heavy atom. The van der Waals surface area contributed by atoms with Gasteiger partial charge < -0.3 is 14.6 Å². The molecule has 152 valence electrons. The fourth-order valence-corrected chi connectivity index (χ4v) is 2.61. The molecule has 0 aliphatic rings. The molecule has 0 aliphatic heterocycles. The lowest BCUT2D eigenvalue weighted by atomic mass is 10.1. The van der Waals surface area contributed by atoms with Crippen LogP contribution in [0.25, 0.3) is 11.5 Å². The number of aryl methyl sites for hydroxylation is 1. The number of amides is 1. The molecule has 1 heterocycles. The second-order valence-electron chi connectivity index (χ2n) is 6.18. The smallest absolute Gasteiger partial charge is 0.406 e. The van der Waals surface area contributed by atoms with Gasteiger partial charge in [0.15, 0.2) is 5.82 Å². The Balaban J connectivity index is 1.42. The Hall–Kier alpha value is -3.36. The first-order chi connectivity index (χ1) is 13.9. The summed E-state index contributed by atoms with van der Waals surface area (Å²) in [6.07, 6.45) is -3.87. The van der Waals surface area contributed by atoms with Crippen LogP contribution >= 0.6 is 0 Å². The van der Waals surface area contributed by atoms with Crippen molar-refractivity contribution >= 4 is 5.91 Å². The second-order valence-corrected chi connectivity index (χ2v) is 6.18. The van der Waals surface area contributed by atoms with E-state index in [2.05, 4.69) is 20.2 Å². The van der Waals surface area contributed by atoms with Gasteiger partial charge in [0.25, 0.3) is 5.89 Å². The number of benzene rings is 2. The average molecular weight is 405 g/mol. The van der Waals surface area contributed by atoms with E-state index in [1.165, 1.54) is 18.2 Å². The highest BCUT2D eigenvalue weighted by atomic mass is 19.4. The molecule has 1 amide bonds. The molecule has 1 aromatic heterocycles. The summed E-state index contributed by atoms with van der Waals surface area (Å²) in [5.41, 5.74) is 1.42. The molecule has 0 fully saturated rings. The Bertz CT molecular complexity index is 943. The minimum atomic E-state index is -4.73. The fraction of sp³-hybridized carbons (Fsp3) is 0.250. The maximum absolute atomic E-state index is 12.3. The summed E-state index contributed by atoms with van der Waals surface area (Å²) >= 11 is 0. The van der Waals surface area contributed by atoms with E-state index in [9.17, 15) is 18.0 Å². The molecule has 2 aromatic carbocycles. The highest BCUT2D eigenvalue weighted by Gasteiger charge is 2.31. The van der Waals surface area contributed by atoms with Crippen LogP contribution in [0.5, 0.6) is 5.75 Å². The van der Waals surface area contributed by atoms with Crippen LogP contribution in [-0.4, -0.2) is 29.0 Å². The summed E-state index contributed by atoms with van der Waals surface area (Å²) in [5, 5.41) is 6.58. The highest BCUT2D eigenvalue weighted by Crippen LogP contribution is 2.23. The van der Waals surface area contributed by atoms with E-state index >= 15 is 0 Å². The molecule has 29 heavy (non-hydrogen) atoms. The molecule has 0 unspecified atom stereocenters. The van der Waals surface area contributed by atoms with E-state index in [4.69, 9.17) is 4.52 Å². The van der Waals surface area contributed by atoms with Crippen LogP contribution < -0.4 is 10.1 Å². The number of aromatic nitrogens is 2. The van der Waals surface area contributed by atoms with E-state index in [1.54, 1.807) is 6.07 Å². The second kappa shape index (κ2) is 9.22. The van der Waals surface area contributed by atoms with Crippen LogP contribution in [0.1, 0.15) is 17.8 Å². The summed E-state index contributed by atoms with van der Waals surface area (Å²) in [5.74, 6) is 0.323. The molecule has 0 atom stereocenters. The van der Waals surface area contributed by atoms with Crippen LogP contribution in [0, 0.1) is 0 Å². The van der Waals surface area contributed by atoms with E-state index in [0.29, 0.717) is 30.1 Å². The van der Waals surface area contributed by atoms with Crippen LogP contribution in [0.15, 0.2) is 59.1 Å². The Morgan fingerprint density at radius 1 is 1.07 bits per heavy atom. The number of halogens is 3. The van der Waals surface area contributed by atoms with Gasteiger partial charge in [0.1, 0.15) is 5.75 Å². The molecule has 0 radical (unpaired) electrons. The molecule has 3 aromatic rings. The van der Waals surface area contributed by atoms with Crippen molar-refractivity contribution in [3.8, 4) is 17.2 Å². The molecule has 0 bridgehead atoms. The normalized spacial score (nSPS) is 11.3. The number of rotatable bonds is 8. The Morgan fingerprint density at radius 3 is 2.62 bits per heavy atom. The van der Waals surface area contributed by atoms with Crippen molar-refractivity contribution in [2.24, 2.45) is 0 Å². The van der Waals surface area contributed by atoms with Crippen LogP contribution in [0.3, 0.4) is 0 Å². The van der Waals surface area contributed by atoms with Crippen molar-refractivity contribution < 1.29 is 27.2 Å². The molecule has 9 heteroatoms. The largest absolute Gasteiger partial charge is 0.573 e. The van der Waals surface area contributed by atoms with Gasteiger partial charge in [-0.15, -0.1) is 13.2 Å². The van der Waals surface area contributed by atoms with E-state index in [-0.39, 0.29) is 24.6 Å². The monoisotopic (exact) mass is 405 g/mol. The number of nitrogens with zero attached hydrogens (tertiary/aromatic N) is 2. The van der Waals surface area contributed by atoms with Gasteiger partial charge >= 0.3 is 6.36 Å². The number of alkyl halides is 3. The van der Waals surface area contributed by atoms with Crippen LogP contribution in [-0.2, 0) is 17.6 Å². The van der Waals surface area contributed by atoms with Gasteiger partial charge in [-0.05, 0) is 36.2 Å². The van der Waals surface area contributed by atoms with Crippen LogP contribution in [0.2, 0.25) is 0 Å². The molecule has 0 saturated heterocycles. The van der Waals surface area contributed by atoms with Crippen molar-refractivity contribution in [3.63, 3.8) is 0 Å². The van der Waals surface area contributed by atoms with Gasteiger partial charge in [0, 0.05) is 24.9 Å². The predicted octanol–water partition coefficient (Wildman–Crippen LogP) is 3.93. The lowest BCUT2D eigenvalue weighted by Crippen LogP contribution is -2.26. The molecule has 0 aliphatic carbocycles. The maximum Gasteiger partial charge on any atom is 0.573 e. The van der Waals surface area contributed by atoms with Crippen molar-refractivity contribution in [1.82, 2.24) is 15.5 Å². The van der Waals surface area contributed by atoms with Gasteiger partial charge in [0.05, 0.1) is 0 Å². The van der Waals surface area contributed by atoms with Gasteiger partial charge in [0.2, 0.25) is 5.91 Å². The number of hydrogen-bond acceptors (Lipinski definition) is 5. The molecule has 0 spiro atoms. The maximum atomic E-state index is 12.3. The summed E-state index contributed by atoms with van der Waals surface area (Å²) in [4.78, 5) is 16.2. The highest BCUT2D eigenvalue weighted by molar-refractivity contribution is 5.76. The predicted molar refractivity (Wildman–Crippen MR) is 97.9 cm³/mol. The fourth-order valence-electron chi connectivity index (χ4n) is 2.61. The van der Waals surface area contributed by atoms with E-state index in [0.717, 1.165) is 5.56 Å². The van der Waals surface area contributed by atoms with Crippen molar-refractivity contribution in [2.45, 2.75) is 25.6 Å². The zero-order valence-electron chi connectivity index (χ0n) is 15.3. The average Bonchev–Trinajstić information content (AvgIpc) is 3.15. The van der Waals surface area contributed by atoms with Crippen molar-refractivity contribution in [3.05, 3.63) is 66.0 Å². The minimum Gasteiger partial charge on any atom is -0.406 e. The standard InChI is InChI=1S/C20H18F3N3O3/c21-20(22,23)28-16-8-4-5-14(13-16)11-12-24-18(27)10-9-17-25-19(29-26-17)15-6-2-1-3-7-15/h1-8,13H,9-12H2,(H,24,27). The number of hydrogen-bond donors (Lipinski definition) is 1. The first-order valence-corrected chi connectivity index (χ1v) is 8.88. The van der Waals surface area contributed by atoms with Gasteiger partial charge in [-0.3, -0.25) is 4.79 Å². The minimum absolute atomic E-state index is 0.172. The number of ether oxygens (including phenoxy) is 1. The van der Waals surface area contributed by atoms with Crippen molar-refractivity contribution in [2.75, 3.05) is 6.54 Å². The quantitative estimate of drug-likeness (QED) is 0.615. The first kappa shape index (κ1) is 20.4. The molecule has 3 rings (SSSR count). The van der Waals surface area contributed by atoms with E-state index < -0.39 is 6.36 Å². The van der Waals surface area contributed by atoms with E-state index in [1.807, 2.05) is 30.3 Å². The number of carbonyl (C=O) groups is 1. The molecule has 1 N–H and O–H groups in total. The molecule has 0 saturated carbocycles. The number of nitrogens with one attached hydrogen (secondary N) is 1. The number of carbonyl (C=O) groups excluding carboxylic acids is 1. The third kappa shape index (κ3) is 6.63. The summed E-state index contributed by atoms with van der Waals surface area (Å²) in [6, 6.07) is 14.9.